The lowest BCUT2D eigenvalue weighted by Crippen LogP contribution is -2.12. The van der Waals surface area contributed by atoms with Crippen LogP contribution < -0.4 is 9.92 Å². The van der Waals surface area contributed by atoms with Crippen molar-refractivity contribution >= 4 is 18.8 Å². The standard InChI is InChI=1S/C5H5N3O2S/c6-4(9)3-1-2-7-8-5(3)10-11/h1-2,11H,(H2,6,9). The molecular weight excluding hydrogens is 166 g/mol. The molecule has 6 heteroatoms. The van der Waals surface area contributed by atoms with Gasteiger partial charge in [-0.2, -0.15) is 5.10 Å². The summed E-state index contributed by atoms with van der Waals surface area (Å²) in [6.07, 6.45) is 1.34. The molecule has 0 aromatic carbocycles. The average Bonchev–Trinajstić information content (AvgIpc) is 2.04. The first-order chi connectivity index (χ1) is 5.25. The number of primary amides is 1. The van der Waals surface area contributed by atoms with Gasteiger partial charge in [-0.15, -0.1) is 5.10 Å². The van der Waals surface area contributed by atoms with Crippen molar-refractivity contribution in [3.8, 4) is 5.88 Å². The lowest BCUT2D eigenvalue weighted by molar-refractivity contribution is 0.0998. The van der Waals surface area contributed by atoms with Crippen molar-refractivity contribution in [2.45, 2.75) is 0 Å². The highest BCUT2D eigenvalue weighted by molar-refractivity contribution is 7.75. The minimum Gasteiger partial charge on any atom is -0.406 e. The molecule has 0 unspecified atom stereocenters. The van der Waals surface area contributed by atoms with Crippen LogP contribution in [0.5, 0.6) is 5.88 Å². The van der Waals surface area contributed by atoms with E-state index in [-0.39, 0.29) is 11.4 Å². The maximum atomic E-state index is 10.6. The Hall–Kier alpha value is -1.30. The largest absolute Gasteiger partial charge is 0.406 e. The lowest BCUT2D eigenvalue weighted by Gasteiger charge is -1.98. The van der Waals surface area contributed by atoms with Gasteiger partial charge in [0.25, 0.3) is 11.8 Å². The SMILES string of the molecule is NC(=O)c1ccnnc1OS. The Labute approximate surface area is 68.2 Å². The van der Waals surface area contributed by atoms with Gasteiger partial charge in [0.1, 0.15) is 5.56 Å². The Morgan fingerprint density at radius 2 is 2.45 bits per heavy atom. The molecule has 1 heterocycles. The Bertz CT molecular complexity index is 278. The Morgan fingerprint density at radius 3 is 2.91 bits per heavy atom. The van der Waals surface area contributed by atoms with Gasteiger partial charge in [-0.3, -0.25) is 4.79 Å². The molecule has 0 spiro atoms. The van der Waals surface area contributed by atoms with E-state index in [2.05, 4.69) is 27.3 Å². The summed E-state index contributed by atoms with van der Waals surface area (Å²) >= 11 is 3.46. The molecule has 0 aliphatic rings. The first-order valence-electron chi connectivity index (χ1n) is 2.68. The maximum absolute atomic E-state index is 10.6. The van der Waals surface area contributed by atoms with E-state index in [1.54, 1.807) is 0 Å². The summed E-state index contributed by atoms with van der Waals surface area (Å²) in [6, 6.07) is 1.40. The van der Waals surface area contributed by atoms with Crippen LogP contribution in [-0.2, 0) is 0 Å². The van der Waals surface area contributed by atoms with Gasteiger partial charge in [-0.25, -0.2) is 0 Å². The molecule has 1 rings (SSSR count). The van der Waals surface area contributed by atoms with Crippen LogP contribution in [0.15, 0.2) is 12.3 Å². The van der Waals surface area contributed by atoms with Gasteiger partial charge >= 0.3 is 0 Å². The molecule has 2 N–H and O–H groups in total. The van der Waals surface area contributed by atoms with E-state index in [1.807, 2.05) is 0 Å². The topological polar surface area (TPSA) is 78.1 Å². The number of thiol groups is 1. The molecule has 0 saturated heterocycles. The lowest BCUT2D eigenvalue weighted by atomic mass is 10.3. The fourth-order valence-corrected chi connectivity index (χ4v) is 0.709. The molecule has 0 atom stereocenters. The average molecular weight is 171 g/mol. The number of nitrogens with zero attached hydrogens (tertiary/aromatic N) is 2. The number of carbonyl (C=O) groups is 1. The highest BCUT2D eigenvalue weighted by Gasteiger charge is 2.08. The van der Waals surface area contributed by atoms with Gasteiger partial charge in [0.2, 0.25) is 0 Å². The summed E-state index contributed by atoms with van der Waals surface area (Å²) in [4.78, 5) is 10.6. The summed E-state index contributed by atoms with van der Waals surface area (Å²) in [5, 5.41) is 6.94. The number of hydrogen-bond acceptors (Lipinski definition) is 5. The number of amides is 1. The van der Waals surface area contributed by atoms with E-state index in [4.69, 9.17) is 5.73 Å². The zero-order valence-electron chi connectivity index (χ0n) is 5.39. The number of carbonyl (C=O) groups excluding carboxylic acids is 1. The summed E-state index contributed by atoms with van der Waals surface area (Å²) in [5.74, 6) is -0.604. The third kappa shape index (κ3) is 1.58. The summed E-state index contributed by atoms with van der Waals surface area (Å²) in [5.41, 5.74) is 5.13. The van der Waals surface area contributed by atoms with Crippen LogP contribution in [0, 0.1) is 0 Å². The first-order valence-corrected chi connectivity index (χ1v) is 3.05. The third-order valence-corrected chi connectivity index (χ3v) is 1.21. The highest BCUT2D eigenvalue weighted by atomic mass is 32.1. The molecule has 0 radical (unpaired) electrons. The highest BCUT2D eigenvalue weighted by Crippen LogP contribution is 2.12. The summed E-state index contributed by atoms with van der Waals surface area (Å²) < 4.78 is 4.43. The van der Waals surface area contributed by atoms with Gasteiger partial charge in [-0.1, -0.05) is 0 Å². The van der Waals surface area contributed by atoms with Crippen molar-refractivity contribution in [1.29, 1.82) is 0 Å². The van der Waals surface area contributed by atoms with Gasteiger partial charge < -0.3 is 9.92 Å². The Morgan fingerprint density at radius 1 is 1.73 bits per heavy atom. The second kappa shape index (κ2) is 3.20. The molecule has 1 aromatic rings. The minimum absolute atomic E-state index is 0.0170. The molecule has 5 nitrogen and oxygen atoms in total. The quantitative estimate of drug-likeness (QED) is 0.477. The van der Waals surface area contributed by atoms with Crippen molar-refractivity contribution in [3.63, 3.8) is 0 Å². The van der Waals surface area contributed by atoms with Crippen LogP contribution in [0.2, 0.25) is 0 Å². The first kappa shape index (κ1) is 7.80. The number of rotatable bonds is 2. The van der Waals surface area contributed by atoms with Crippen molar-refractivity contribution in [1.82, 2.24) is 10.2 Å². The van der Waals surface area contributed by atoms with Crippen molar-refractivity contribution in [3.05, 3.63) is 17.8 Å². The molecule has 0 fully saturated rings. The second-order valence-corrected chi connectivity index (χ2v) is 1.89. The van der Waals surface area contributed by atoms with E-state index in [0.717, 1.165) is 0 Å². The fraction of sp³-hybridized carbons (Fsp3) is 0. The van der Waals surface area contributed by atoms with Crippen LogP contribution in [-0.4, -0.2) is 16.1 Å². The normalized spacial score (nSPS) is 9.18. The predicted molar refractivity (Wildman–Crippen MR) is 40.2 cm³/mol. The zero-order chi connectivity index (χ0) is 8.27. The van der Waals surface area contributed by atoms with E-state index < -0.39 is 5.91 Å². The maximum Gasteiger partial charge on any atom is 0.259 e. The summed E-state index contributed by atoms with van der Waals surface area (Å²) in [7, 11) is 0. The van der Waals surface area contributed by atoms with Crippen LogP contribution in [0.25, 0.3) is 0 Å². The molecule has 1 amide bonds. The van der Waals surface area contributed by atoms with Crippen LogP contribution in [0.4, 0.5) is 0 Å². The monoisotopic (exact) mass is 171 g/mol. The van der Waals surface area contributed by atoms with Crippen molar-refractivity contribution < 1.29 is 8.98 Å². The van der Waals surface area contributed by atoms with Gasteiger partial charge in [-0.05, 0) is 6.07 Å². The van der Waals surface area contributed by atoms with E-state index in [9.17, 15) is 4.79 Å². The van der Waals surface area contributed by atoms with E-state index >= 15 is 0 Å². The number of hydrogen-bond donors (Lipinski definition) is 2. The van der Waals surface area contributed by atoms with Crippen LogP contribution >= 0.6 is 12.9 Å². The molecule has 0 aliphatic heterocycles. The van der Waals surface area contributed by atoms with Crippen molar-refractivity contribution in [2.75, 3.05) is 0 Å². The number of aromatic nitrogens is 2. The second-order valence-electron chi connectivity index (χ2n) is 1.71. The Balaban J connectivity index is 3.12. The molecule has 0 saturated carbocycles. The predicted octanol–water partition coefficient (Wildman–Crippen LogP) is -0.201. The molecule has 58 valence electrons. The van der Waals surface area contributed by atoms with Crippen molar-refractivity contribution in [2.24, 2.45) is 5.73 Å². The van der Waals surface area contributed by atoms with Gasteiger partial charge in [0, 0.05) is 12.9 Å². The fourth-order valence-electron chi connectivity index (χ4n) is 0.574. The molecular formula is C5H5N3O2S. The van der Waals surface area contributed by atoms with Gasteiger partial charge in [0.05, 0.1) is 6.20 Å². The van der Waals surface area contributed by atoms with Crippen LogP contribution in [0.3, 0.4) is 0 Å². The molecule has 0 bridgehead atoms. The Kier molecular flexibility index (Phi) is 2.27. The van der Waals surface area contributed by atoms with Crippen LogP contribution in [0.1, 0.15) is 10.4 Å². The number of nitrogens with two attached hydrogens (primary N) is 1. The van der Waals surface area contributed by atoms with E-state index in [1.165, 1.54) is 12.3 Å². The minimum atomic E-state index is -0.621. The molecule has 0 aliphatic carbocycles. The summed E-state index contributed by atoms with van der Waals surface area (Å²) in [6.45, 7) is 0. The zero-order valence-corrected chi connectivity index (χ0v) is 6.28. The molecule has 1 aromatic heterocycles. The third-order valence-electron chi connectivity index (χ3n) is 1.04. The smallest absolute Gasteiger partial charge is 0.259 e. The molecule has 11 heavy (non-hydrogen) atoms. The van der Waals surface area contributed by atoms with E-state index in [0.29, 0.717) is 0 Å². The van der Waals surface area contributed by atoms with Gasteiger partial charge in [0.15, 0.2) is 0 Å².